The fraction of sp³-hybridized carbons (Fsp3) is 0.300. The first kappa shape index (κ1) is 19.8. The van der Waals surface area contributed by atoms with E-state index < -0.39 is 18.0 Å². The van der Waals surface area contributed by atoms with E-state index in [9.17, 15) is 9.59 Å². The molecule has 5 nitrogen and oxygen atoms in total. The van der Waals surface area contributed by atoms with Crippen LogP contribution in [0.15, 0.2) is 36.4 Å². The Morgan fingerprint density at radius 2 is 1.65 bits per heavy atom. The lowest BCUT2D eigenvalue weighted by molar-refractivity contribution is -0.153. The molecule has 1 N–H and O–H groups in total. The molecule has 0 saturated carbocycles. The van der Waals surface area contributed by atoms with Crippen LogP contribution in [0.2, 0.25) is 5.02 Å². The molecule has 1 amide bonds. The second kappa shape index (κ2) is 8.72. The van der Waals surface area contributed by atoms with Crippen molar-refractivity contribution in [3.8, 4) is 5.75 Å². The van der Waals surface area contributed by atoms with E-state index in [1.165, 1.54) is 0 Å². The standard InChI is InChI=1S/C20H22ClNO4/c1-12-9-13(2)19(14(3)10-12)22-18(23)11-25-20(24)15(4)26-17-7-5-16(21)6-8-17/h5-10,15H,11H2,1-4H3,(H,22,23)/t15-/m0/s1. The van der Waals surface area contributed by atoms with E-state index in [2.05, 4.69) is 5.32 Å². The molecule has 0 aliphatic heterocycles. The maximum Gasteiger partial charge on any atom is 0.347 e. The minimum absolute atomic E-state index is 0.375. The van der Waals surface area contributed by atoms with Crippen molar-refractivity contribution in [3.05, 3.63) is 58.1 Å². The van der Waals surface area contributed by atoms with Gasteiger partial charge in [-0.1, -0.05) is 29.3 Å². The third kappa shape index (κ3) is 5.49. The highest BCUT2D eigenvalue weighted by Gasteiger charge is 2.18. The number of nitrogens with one attached hydrogen (secondary N) is 1. The first-order valence-electron chi connectivity index (χ1n) is 8.23. The van der Waals surface area contributed by atoms with Gasteiger partial charge in [-0.2, -0.15) is 0 Å². The Balaban J connectivity index is 1.86. The number of halogens is 1. The summed E-state index contributed by atoms with van der Waals surface area (Å²) in [5, 5.41) is 3.36. The van der Waals surface area contributed by atoms with Crippen molar-refractivity contribution >= 4 is 29.2 Å². The Morgan fingerprint density at radius 1 is 1.08 bits per heavy atom. The topological polar surface area (TPSA) is 64.6 Å². The molecule has 2 aromatic carbocycles. The Kier molecular flexibility index (Phi) is 6.64. The summed E-state index contributed by atoms with van der Waals surface area (Å²) >= 11 is 5.80. The largest absolute Gasteiger partial charge is 0.479 e. The first-order chi connectivity index (χ1) is 12.3. The van der Waals surface area contributed by atoms with Gasteiger partial charge in [-0.15, -0.1) is 0 Å². The molecule has 26 heavy (non-hydrogen) atoms. The van der Waals surface area contributed by atoms with Gasteiger partial charge in [-0.3, -0.25) is 4.79 Å². The normalized spacial score (nSPS) is 11.6. The molecule has 0 aliphatic rings. The summed E-state index contributed by atoms with van der Waals surface area (Å²) in [4.78, 5) is 24.1. The second-order valence-corrected chi connectivity index (χ2v) is 6.58. The second-order valence-electron chi connectivity index (χ2n) is 6.14. The van der Waals surface area contributed by atoms with Crippen molar-refractivity contribution in [2.24, 2.45) is 0 Å². The van der Waals surface area contributed by atoms with Crippen LogP contribution in [0.1, 0.15) is 23.6 Å². The van der Waals surface area contributed by atoms with E-state index in [0.29, 0.717) is 10.8 Å². The average molecular weight is 376 g/mol. The summed E-state index contributed by atoms with van der Waals surface area (Å²) in [6, 6.07) is 10.6. The Hall–Kier alpha value is -2.53. The van der Waals surface area contributed by atoms with E-state index in [0.717, 1.165) is 22.4 Å². The Labute approximate surface area is 158 Å². The van der Waals surface area contributed by atoms with Gasteiger partial charge in [-0.25, -0.2) is 4.79 Å². The summed E-state index contributed by atoms with van der Waals surface area (Å²) in [5.41, 5.74) is 3.78. The third-order valence-corrected chi connectivity index (χ3v) is 4.00. The van der Waals surface area contributed by atoms with Gasteiger partial charge >= 0.3 is 5.97 Å². The third-order valence-electron chi connectivity index (χ3n) is 3.75. The zero-order chi connectivity index (χ0) is 19.3. The van der Waals surface area contributed by atoms with Crippen LogP contribution in [0.4, 0.5) is 5.69 Å². The van der Waals surface area contributed by atoms with E-state index in [1.54, 1.807) is 31.2 Å². The summed E-state index contributed by atoms with van der Waals surface area (Å²) < 4.78 is 10.5. The van der Waals surface area contributed by atoms with Crippen LogP contribution in [-0.4, -0.2) is 24.6 Å². The highest BCUT2D eigenvalue weighted by atomic mass is 35.5. The van der Waals surface area contributed by atoms with Crippen LogP contribution >= 0.6 is 11.6 Å². The molecular weight excluding hydrogens is 354 g/mol. The fourth-order valence-electron chi connectivity index (χ4n) is 2.57. The monoisotopic (exact) mass is 375 g/mol. The summed E-state index contributed by atoms with van der Waals surface area (Å²) in [5.74, 6) is -0.520. The quantitative estimate of drug-likeness (QED) is 0.768. The van der Waals surface area contributed by atoms with Gasteiger partial charge in [0.05, 0.1) is 0 Å². The molecule has 0 aromatic heterocycles. The van der Waals surface area contributed by atoms with Gasteiger partial charge in [0.15, 0.2) is 12.7 Å². The van der Waals surface area contributed by atoms with Crippen molar-refractivity contribution < 1.29 is 19.1 Å². The van der Waals surface area contributed by atoms with Crippen LogP contribution in [0.3, 0.4) is 0 Å². The lowest BCUT2D eigenvalue weighted by atomic mass is 10.1. The number of carbonyl (C=O) groups excluding carboxylic acids is 2. The number of rotatable bonds is 6. The zero-order valence-corrected chi connectivity index (χ0v) is 16.0. The number of amides is 1. The Bertz CT molecular complexity index is 779. The van der Waals surface area contributed by atoms with Gasteiger partial charge in [-0.05, 0) is 63.1 Å². The minimum Gasteiger partial charge on any atom is -0.479 e. The van der Waals surface area contributed by atoms with E-state index >= 15 is 0 Å². The highest BCUT2D eigenvalue weighted by Crippen LogP contribution is 2.22. The lowest BCUT2D eigenvalue weighted by Crippen LogP contribution is -2.30. The van der Waals surface area contributed by atoms with Crippen molar-refractivity contribution in [3.63, 3.8) is 0 Å². The fourth-order valence-corrected chi connectivity index (χ4v) is 2.70. The number of aryl methyl sites for hydroxylation is 3. The predicted octanol–water partition coefficient (Wildman–Crippen LogP) is 4.21. The van der Waals surface area contributed by atoms with Gasteiger partial charge in [0, 0.05) is 10.7 Å². The molecule has 0 aliphatic carbocycles. The van der Waals surface area contributed by atoms with E-state index in [-0.39, 0.29) is 6.61 Å². The molecule has 2 aromatic rings. The number of esters is 1. The van der Waals surface area contributed by atoms with Crippen molar-refractivity contribution in [1.82, 2.24) is 0 Å². The molecule has 6 heteroatoms. The van der Waals surface area contributed by atoms with E-state index in [1.807, 2.05) is 32.9 Å². The van der Waals surface area contributed by atoms with Gasteiger partial charge < -0.3 is 14.8 Å². The molecule has 0 saturated heterocycles. The molecule has 0 fully saturated rings. The van der Waals surface area contributed by atoms with Gasteiger partial charge in [0.25, 0.3) is 5.91 Å². The maximum absolute atomic E-state index is 12.1. The lowest BCUT2D eigenvalue weighted by Gasteiger charge is -2.15. The average Bonchev–Trinajstić information content (AvgIpc) is 2.57. The molecule has 0 bridgehead atoms. The molecule has 138 valence electrons. The minimum atomic E-state index is -0.841. The number of hydrogen-bond acceptors (Lipinski definition) is 4. The first-order valence-corrected chi connectivity index (χ1v) is 8.60. The number of benzene rings is 2. The van der Waals surface area contributed by atoms with E-state index in [4.69, 9.17) is 21.1 Å². The highest BCUT2D eigenvalue weighted by molar-refractivity contribution is 6.30. The Morgan fingerprint density at radius 3 is 2.23 bits per heavy atom. The summed E-state index contributed by atoms with van der Waals surface area (Å²) in [6.45, 7) is 7.02. The zero-order valence-electron chi connectivity index (χ0n) is 15.3. The maximum atomic E-state index is 12.1. The molecule has 1 atom stereocenters. The predicted molar refractivity (Wildman–Crippen MR) is 102 cm³/mol. The van der Waals surface area contributed by atoms with Crippen molar-refractivity contribution in [2.45, 2.75) is 33.8 Å². The van der Waals surface area contributed by atoms with Crippen molar-refractivity contribution in [2.75, 3.05) is 11.9 Å². The molecule has 0 radical (unpaired) electrons. The molecule has 0 unspecified atom stereocenters. The van der Waals surface area contributed by atoms with Crippen molar-refractivity contribution in [1.29, 1.82) is 0 Å². The van der Waals surface area contributed by atoms with Gasteiger partial charge in [0.2, 0.25) is 0 Å². The van der Waals surface area contributed by atoms with Crippen LogP contribution < -0.4 is 10.1 Å². The number of anilines is 1. The van der Waals surface area contributed by atoms with Crippen LogP contribution in [0, 0.1) is 20.8 Å². The summed E-state index contributed by atoms with van der Waals surface area (Å²) in [7, 11) is 0. The molecule has 2 rings (SSSR count). The number of ether oxygens (including phenoxy) is 2. The molecule has 0 heterocycles. The number of carbonyl (C=O) groups is 2. The number of hydrogen-bond donors (Lipinski definition) is 1. The molecular formula is C20H22ClNO4. The van der Waals surface area contributed by atoms with Crippen LogP contribution in [0.5, 0.6) is 5.75 Å². The SMILES string of the molecule is Cc1cc(C)c(NC(=O)COC(=O)[C@H](C)Oc2ccc(Cl)cc2)c(C)c1. The van der Waals surface area contributed by atoms with Crippen LogP contribution in [0.25, 0.3) is 0 Å². The summed E-state index contributed by atoms with van der Waals surface area (Å²) in [6.07, 6.45) is -0.841. The van der Waals surface area contributed by atoms with Crippen LogP contribution in [-0.2, 0) is 14.3 Å². The van der Waals surface area contributed by atoms with Gasteiger partial charge in [0.1, 0.15) is 5.75 Å². The molecule has 0 spiro atoms. The smallest absolute Gasteiger partial charge is 0.347 e.